The van der Waals surface area contributed by atoms with E-state index < -0.39 is 0 Å². The van der Waals surface area contributed by atoms with Crippen LogP contribution in [-0.4, -0.2) is 11.0 Å². The highest BCUT2D eigenvalue weighted by Crippen LogP contribution is 2.26. The van der Waals surface area contributed by atoms with Crippen LogP contribution in [0, 0.1) is 3.57 Å². The van der Waals surface area contributed by atoms with Gasteiger partial charge in [0.1, 0.15) is 5.75 Å². The Morgan fingerprint density at radius 1 is 1.26 bits per heavy atom. The first-order valence-electron chi connectivity index (χ1n) is 5.22. The molecule has 2 aromatic rings. The molecule has 2 N–H and O–H groups in total. The molecule has 0 aliphatic heterocycles. The van der Waals surface area contributed by atoms with Crippen molar-refractivity contribution in [3.63, 3.8) is 0 Å². The lowest BCUT2D eigenvalue weighted by atomic mass is 10.2. The molecule has 0 aliphatic rings. The molecule has 0 saturated carbocycles. The molecule has 0 atom stereocenters. The molecule has 6 heteroatoms. The highest BCUT2D eigenvalue weighted by Gasteiger charge is 2.09. The fourth-order valence-electron chi connectivity index (χ4n) is 1.43. The van der Waals surface area contributed by atoms with Gasteiger partial charge in [0, 0.05) is 15.7 Å². The number of carbonyl (C=O) groups is 1. The quantitative estimate of drug-likeness (QED) is 0.651. The number of phenols is 1. The van der Waals surface area contributed by atoms with Crippen molar-refractivity contribution in [1.29, 1.82) is 0 Å². The molecular weight excluding hydrogens is 444 g/mol. The number of rotatable bonds is 2. The summed E-state index contributed by atoms with van der Waals surface area (Å²) in [5.41, 5.74) is 1.02. The first-order chi connectivity index (χ1) is 8.97. The number of phenolic OH excluding ortho intramolecular Hbond substituents is 1. The van der Waals surface area contributed by atoms with Crippen molar-refractivity contribution in [3.8, 4) is 5.75 Å². The summed E-state index contributed by atoms with van der Waals surface area (Å²) >= 11 is 11.2. The monoisotopic (exact) mass is 451 g/mol. The first kappa shape index (κ1) is 14.6. The molecule has 0 aliphatic carbocycles. The maximum atomic E-state index is 12.0. The summed E-state index contributed by atoms with van der Waals surface area (Å²) in [5.74, 6) is -0.202. The summed E-state index contributed by atoms with van der Waals surface area (Å²) in [6.45, 7) is 0. The van der Waals surface area contributed by atoms with E-state index in [1.807, 2.05) is 22.6 Å². The minimum Gasteiger partial charge on any atom is -0.507 e. The summed E-state index contributed by atoms with van der Waals surface area (Å²) < 4.78 is 1.40. The Morgan fingerprint density at radius 3 is 2.63 bits per heavy atom. The molecule has 0 fully saturated rings. The normalized spacial score (nSPS) is 10.3. The zero-order chi connectivity index (χ0) is 14.0. The third-order valence-corrected chi connectivity index (χ3v) is 4.51. The van der Waals surface area contributed by atoms with Crippen LogP contribution in [0.25, 0.3) is 0 Å². The van der Waals surface area contributed by atoms with Gasteiger partial charge in [-0.15, -0.1) is 0 Å². The molecule has 2 rings (SSSR count). The lowest BCUT2D eigenvalue weighted by molar-refractivity contribution is 0.102. The number of anilines is 1. The molecule has 0 spiro atoms. The van der Waals surface area contributed by atoms with E-state index in [2.05, 4.69) is 21.2 Å². The summed E-state index contributed by atoms with van der Waals surface area (Å²) in [5, 5.41) is 12.9. The Hall–Kier alpha value is -0.790. The maximum absolute atomic E-state index is 12.0. The average molecular weight is 452 g/mol. The summed E-state index contributed by atoms with van der Waals surface area (Å²) in [6, 6.07) is 9.88. The van der Waals surface area contributed by atoms with E-state index in [0.717, 1.165) is 0 Å². The zero-order valence-electron chi connectivity index (χ0n) is 9.45. The van der Waals surface area contributed by atoms with Crippen LogP contribution in [0.5, 0.6) is 5.75 Å². The van der Waals surface area contributed by atoms with Gasteiger partial charge >= 0.3 is 0 Å². The van der Waals surface area contributed by atoms with E-state index in [1.165, 1.54) is 6.07 Å². The maximum Gasteiger partial charge on any atom is 0.255 e. The Labute approximate surface area is 137 Å². The third kappa shape index (κ3) is 3.61. The lowest BCUT2D eigenvalue weighted by Crippen LogP contribution is -2.11. The van der Waals surface area contributed by atoms with Crippen LogP contribution in [0.2, 0.25) is 5.02 Å². The second kappa shape index (κ2) is 6.11. The largest absolute Gasteiger partial charge is 0.507 e. The van der Waals surface area contributed by atoms with Crippen molar-refractivity contribution in [3.05, 3.63) is 55.0 Å². The fourth-order valence-corrected chi connectivity index (χ4v) is 2.26. The molecule has 2 aromatic carbocycles. The molecule has 0 heterocycles. The van der Waals surface area contributed by atoms with Crippen molar-refractivity contribution < 1.29 is 9.90 Å². The number of nitrogens with one attached hydrogen (secondary N) is 1. The van der Waals surface area contributed by atoms with Gasteiger partial charge in [-0.05, 0) is 74.9 Å². The molecular formula is C13H8BrClINO2. The zero-order valence-corrected chi connectivity index (χ0v) is 14.0. The summed E-state index contributed by atoms with van der Waals surface area (Å²) in [4.78, 5) is 12.0. The van der Waals surface area contributed by atoms with E-state index in [-0.39, 0.29) is 11.7 Å². The predicted octanol–water partition coefficient (Wildman–Crippen LogP) is 4.67. The molecule has 0 saturated heterocycles. The van der Waals surface area contributed by atoms with Crippen LogP contribution in [0.3, 0.4) is 0 Å². The van der Waals surface area contributed by atoms with E-state index >= 15 is 0 Å². The number of hydrogen-bond donors (Lipinski definition) is 2. The van der Waals surface area contributed by atoms with Crippen LogP contribution in [0.4, 0.5) is 5.69 Å². The van der Waals surface area contributed by atoms with Crippen molar-refractivity contribution in [2.24, 2.45) is 0 Å². The number of aromatic hydroxyl groups is 1. The van der Waals surface area contributed by atoms with Gasteiger partial charge in [-0.25, -0.2) is 0 Å². The van der Waals surface area contributed by atoms with Gasteiger partial charge in [-0.3, -0.25) is 4.79 Å². The van der Waals surface area contributed by atoms with Gasteiger partial charge < -0.3 is 10.4 Å². The topological polar surface area (TPSA) is 49.3 Å². The molecule has 19 heavy (non-hydrogen) atoms. The Balaban J connectivity index is 2.20. The van der Waals surface area contributed by atoms with Crippen LogP contribution < -0.4 is 5.32 Å². The SMILES string of the molecule is O=C(Nc1ccc(Cl)c(Br)c1)c1ccc(I)c(O)c1. The summed E-state index contributed by atoms with van der Waals surface area (Å²) in [7, 11) is 0. The number of hydrogen-bond acceptors (Lipinski definition) is 2. The fraction of sp³-hybridized carbons (Fsp3) is 0. The highest BCUT2D eigenvalue weighted by atomic mass is 127. The van der Waals surface area contributed by atoms with Gasteiger partial charge in [-0.2, -0.15) is 0 Å². The van der Waals surface area contributed by atoms with Crippen molar-refractivity contribution in [1.82, 2.24) is 0 Å². The first-order valence-corrected chi connectivity index (χ1v) is 7.47. The molecule has 0 bridgehead atoms. The van der Waals surface area contributed by atoms with E-state index in [9.17, 15) is 9.90 Å². The van der Waals surface area contributed by atoms with Crippen molar-refractivity contribution >= 4 is 61.7 Å². The molecule has 0 aromatic heterocycles. The third-order valence-electron chi connectivity index (χ3n) is 2.39. The van der Waals surface area contributed by atoms with Gasteiger partial charge in [0.05, 0.1) is 8.59 Å². The predicted molar refractivity (Wildman–Crippen MR) is 87.9 cm³/mol. The molecule has 0 unspecified atom stereocenters. The van der Waals surface area contributed by atoms with Crippen LogP contribution >= 0.6 is 50.1 Å². The van der Waals surface area contributed by atoms with Gasteiger partial charge in [0.25, 0.3) is 5.91 Å². The van der Waals surface area contributed by atoms with Crippen LogP contribution in [0.15, 0.2) is 40.9 Å². The Morgan fingerprint density at radius 2 is 2.00 bits per heavy atom. The standard InChI is InChI=1S/C13H8BrClINO2/c14-9-6-8(2-3-10(9)15)17-13(19)7-1-4-11(16)12(18)5-7/h1-6,18H,(H,17,19). The highest BCUT2D eigenvalue weighted by molar-refractivity contribution is 14.1. The minimum atomic E-state index is -0.291. The van der Waals surface area contributed by atoms with E-state index in [4.69, 9.17) is 11.6 Å². The molecule has 0 radical (unpaired) electrons. The lowest BCUT2D eigenvalue weighted by Gasteiger charge is -2.07. The minimum absolute atomic E-state index is 0.0885. The number of halogens is 3. The molecule has 1 amide bonds. The Bertz CT molecular complexity index is 649. The van der Waals surface area contributed by atoms with Gasteiger partial charge in [0.15, 0.2) is 0 Å². The number of amides is 1. The van der Waals surface area contributed by atoms with Crippen LogP contribution in [0.1, 0.15) is 10.4 Å². The molecule has 3 nitrogen and oxygen atoms in total. The van der Waals surface area contributed by atoms with Gasteiger partial charge in [0.2, 0.25) is 0 Å². The number of benzene rings is 2. The van der Waals surface area contributed by atoms with Crippen molar-refractivity contribution in [2.75, 3.05) is 5.32 Å². The molecule has 98 valence electrons. The van der Waals surface area contributed by atoms with Crippen LogP contribution in [-0.2, 0) is 0 Å². The van der Waals surface area contributed by atoms with Gasteiger partial charge in [-0.1, -0.05) is 11.6 Å². The van der Waals surface area contributed by atoms with E-state index in [0.29, 0.717) is 24.3 Å². The summed E-state index contributed by atoms with van der Waals surface area (Å²) in [6.07, 6.45) is 0. The average Bonchev–Trinajstić information content (AvgIpc) is 2.37. The Kier molecular flexibility index (Phi) is 4.70. The number of carbonyl (C=O) groups excluding carboxylic acids is 1. The van der Waals surface area contributed by atoms with Crippen molar-refractivity contribution in [2.45, 2.75) is 0 Å². The smallest absolute Gasteiger partial charge is 0.255 e. The van der Waals surface area contributed by atoms with E-state index in [1.54, 1.807) is 30.3 Å². The second-order valence-electron chi connectivity index (χ2n) is 3.75. The second-order valence-corrected chi connectivity index (χ2v) is 6.17.